The Balaban J connectivity index is 2.22. The Morgan fingerprint density at radius 1 is 0.571 bits per heavy atom. The van der Waals surface area contributed by atoms with Gasteiger partial charge in [-0.05, 0) is 0 Å². The van der Waals surface area contributed by atoms with E-state index in [1.165, 1.54) is 0 Å². The molecule has 0 amide bonds. The van der Waals surface area contributed by atoms with E-state index in [9.17, 15) is 14.4 Å². The zero-order valence-electron chi connectivity index (χ0n) is 6.07. The first-order valence-electron chi connectivity index (χ1n) is 2.93. The van der Waals surface area contributed by atoms with Crippen LogP contribution >= 0.6 is 0 Å². The molecule has 14 heavy (non-hydrogen) atoms. The van der Waals surface area contributed by atoms with Gasteiger partial charge >= 0.3 is 86.6 Å². The summed E-state index contributed by atoms with van der Waals surface area (Å²) in [5.74, 6) is 0. The summed E-state index contributed by atoms with van der Waals surface area (Å²) in [5, 5.41) is 0. The van der Waals surface area contributed by atoms with Crippen LogP contribution in [0.4, 0.5) is 14.4 Å². The van der Waals surface area contributed by atoms with E-state index in [4.69, 9.17) is 0 Å². The predicted molar refractivity (Wildman–Crippen MR) is 34.2 cm³/mol. The molecule has 0 aromatic rings. The monoisotopic (exact) mass is 330 g/mol. The summed E-state index contributed by atoms with van der Waals surface area (Å²) >= 11 is -6.61. The molecule has 3 rings (SSSR count). The van der Waals surface area contributed by atoms with Crippen molar-refractivity contribution in [3.63, 3.8) is 0 Å². The Morgan fingerprint density at radius 3 is 1.00 bits per heavy atom. The van der Waals surface area contributed by atoms with Gasteiger partial charge in [0.2, 0.25) is 0 Å². The topological polar surface area (TPSA) is 107 Å². The first-order valence-corrected chi connectivity index (χ1v) is 7.53. The van der Waals surface area contributed by atoms with Crippen LogP contribution < -0.4 is 0 Å². The molecule has 11 heteroatoms. The van der Waals surface area contributed by atoms with Crippen molar-refractivity contribution < 1.29 is 36.7 Å². The van der Waals surface area contributed by atoms with Crippen molar-refractivity contribution in [3.8, 4) is 0 Å². The maximum atomic E-state index is 10.7. The number of hydrogen-bond donors (Lipinski definition) is 0. The average Bonchev–Trinajstić information content (AvgIpc) is 1.96. The molecule has 0 spiro atoms. The van der Waals surface area contributed by atoms with Crippen LogP contribution in [0, 0.1) is 0 Å². The van der Waals surface area contributed by atoms with E-state index in [2.05, 4.69) is 22.4 Å². The van der Waals surface area contributed by atoms with Gasteiger partial charge in [0.25, 0.3) is 0 Å². The molecule has 0 aromatic heterocycles. The van der Waals surface area contributed by atoms with E-state index in [0.717, 1.165) is 0 Å². The summed E-state index contributed by atoms with van der Waals surface area (Å²) in [6.07, 6.45) is -3.40. The molecule has 0 N–H and O–H groups in total. The molecule has 3 fully saturated rings. The third kappa shape index (κ3) is 2.05. The van der Waals surface area contributed by atoms with Crippen LogP contribution in [0.1, 0.15) is 0 Å². The first-order chi connectivity index (χ1) is 6.63. The maximum absolute atomic E-state index is 10.7. The quantitative estimate of drug-likeness (QED) is 0.540. The van der Waals surface area contributed by atoms with Gasteiger partial charge in [0.05, 0.1) is 0 Å². The molecule has 2 bridgehead atoms. The Hall–Kier alpha value is -1.07. The molecular formula is C3As2O9. The van der Waals surface area contributed by atoms with Crippen LogP contribution in [0.15, 0.2) is 0 Å². The van der Waals surface area contributed by atoms with Crippen LogP contribution in [0.3, 0.4) is 0 Å². The molecule has 0 radical (unpaired) electrons. The second-order valence-corrected chi connectivity index (χ2v) is 5.92. The fourth-order valence-electron chi connectivity index (χ4n) is 0.527. The molecule has 3 aliphatic rings. The zero-order chi connectivity index (χ0) is 10.1. The van der Waals surface area contributed by atoms with Crippen LogP contribution in [-0.4, -0.2) is 49.8 Å². The minimum absolute atomic E-state index is 1.13. The molecule has 0 unspecified atom stereocenters. The van der Waals surface area contributed by atoms with Crippen LogP contribution in [0.2, 0.25) is 0 Å². The van der Waals surface area contributed by atoms with Gasteiger partial charge in [0.1, 0.15) is 0 Å². The van der Waals surface area contributed by atoms with Crippen LogP contribution in [0.5, 0.6) is 0 Å². The molecule has 3 heterocycles. The summed E-state index contributed by atoms with van der Waals surface area (Å²) in [6.45, 7) is 0. The number of fused-ring (bicyclic) bond motifs is 6. The second kappa shape index (κ2) is 3.59. The summed E-state index contributed by atoms with van der Waals surface area (Å²) in [4.78, 5) is 32.2. The predicted octanol–water partition coefficient (Wildman–Crippen LogP) is -0.557. The minimum atomic E-state index is -3.31. The molecule has 3 saturated heterocycles. The van der Waals surface area contributed by atoms with E-state index in [1.807, 2.05) is 0 Å². The van der Waals surface area contributed by atoms with Gasteiger partial charge in [0.15, 0.2) is 0 Å². The normalized spacial score (nSPS) is 30.4. The fourth-order valence-corrected chi connectivity index (χ4v) is 3.83. The SMILES string of the molecule is O=C1O[As]2OC(=O)O[As](O1)OC(=O)O2. The van der Waals surface area contributed by atoms with Crippen molar-refractivity contribution in [2.75, 3.05) is 0 Å². The van der Waals surface area contributed by atoms with E-state index in [0.29, 0.717) is 0 Å². The number of carbonyl (C=O) groups is 3. The molecule has 76 valence electrons. The standard InChI is InChI=1S/C3As2O9/c6-1-9-4-11-2(7)12-5(10-1)14-3(8)13-4. The van der Waals surface area contributed by atoms with E-state index in [-0.39, 0.29) is 0 Å². The number of carbonyl (C=O) groups excluding carboxylic acids is 3. The number of rotatable bonds is 0. The summed E-state index contributed by atoms with van der Waals surface area (Å²) < 4.78 is 26.3. The Labute approximate surface area is 86.8 Å². The van der Waals surface area contributed by atoms with Crippen molar-refractivity contribution in [1.29, 1.82) is 0 Å². The van der Waals surface area contributed by atoms with Gasteiger partial charge in [-0.25, -0.2) is 0 Å². The third-order valence-electron chi connectivity index (χ3n) is 0.894. The molecule has 0 atom stereocenters. The van der Waals surface area contributed by atoms with Crippen molar-refractivity contribution in [1.82, 2.24) is 0 Å². The van der Waals surface area contributed by atoms with Crippen molar-refractivity contribution in [2.24, 2.45) is 0 Å². The Kier molecular flexibility index (Phi) is 2.43. The number of hydrogen-bond acceptors (Lipinski definition) is 9. The van der Waals surface area contributed by atoms with Gasteiger partial charge in [-0.2, -0.15) is 0 Å². The Bertz CT molecular complexity index is 229. The first kappa shape index (κ1) is 9.48. The van der Waals surface area contributed by atoms with Gasteiger partial charge in [0, 0.05) is 0 Å². The summed E-state index contributed by atoms with van der Waals surface area (Å²) in [7, 11) is 0. The molecule has 9 nitrogen and oxygen atoms in total. The van der Waals surface area contributed by atoms with Gasteiger partial charge in [-0.15, -0.1) is 0 Å². The zero-order valence-corrected chi connectivity index (χ0v) is 9.82. The summed E-state index contributed by atoms with van der Waals surface area (Å²) in [6, 6.07) is 0. The van der Waals surface area contributed by atoms with Gasteiger partial charge in [-0.1, -0.05) is 0 Å². The molecule has 0 saturated carbocycles. The molecule has 0 aromatic carbocycles. The Morgan fingerprint density at radius 2 is 0.786 bits per heavy atom. The molecule has 3 aliphatic heterocycles. The van der Waals surface area contributed by atoms with E-state index >= 15 is 0 Å². The summed E-state index contributed by atoms with van der Waals surface area (Å²) in [5.41, 5.74) is 0. The van der Waals surface area contributed by atoms with Crippen LogP contribution in [0.25, 0.3) is 0 Å². The fraction of sp³-hybridized carbons (Fsp3) is 0. The van der Waals surface area contributed by atoms with Crippen molar-refractivity contribution >= 4 is 49.8 Å². The van der Waals surface area contributed by atoms with Crippen LogP contribution in [-0.2, 0) is 22.4 Å². The molecule has 0 aliphatic carbocycles. The van der Waals surface area contributed by atoms with E-state index < -0.39 is 49.8 Å². The van der Waals surface area contributed by atoms with E-state index in [1.54, 1.807) is 0 Å². The van der Waals surface area contributed by atoms with Gasteiger partial charge in [-0.3, -0.25) is 0 Å². The van der Waals surface area contributed by atoms with Gasteiger partial charge < -0.3 is 0 Å². The average molecular weight is 330 g/mol. The van der Waals surface area contributed by atoms with Crippen molar-refractivity contribution in [3.05, 3.63) is 0 Å². The molecular weight excluding hydrogens is 330 g/mol. The third-order valence-corrected chi connectivity index (χ3v) is 4.65. The second-order valence-electron chi connectivity index (χ2n) is 1.74. The van der Waals surface area contributed by atoms with Crippen molar-refractivity contribution in [2.45, 2.75) is 0 Å².